The summed E-state index contributed by atoms with van der Waals surface area (Å²) in [5.74, 6) is -4.73. The molecule has 0 aliphatic heterocycles. The fourth-order valence-electron chi connectivity index (χ4n) is 5.87. The van der Waals surface area contributed by atoms with E-state index >= 15 is 0 Å². The first-order valence-corrected chi connectivity index (χ1v) is 40.7. The minimum atomic E-state index is -0.540. The van der Waals surface area contributed by atoms with Gasteiger partial charge in [-0.3, -0.25) is 0 Å². The molecule has 40 nitrogen and oxygen atoms in total. The van der Waals surface area contributed by atoms with Gasteiger partial charge >= 0.3 is 119 Å². The third-order valence-corrected chi connectivity index (χ3v) is 12.5. The summed E-state index contributed by atoms with van der Waals surface area (Å²) in [7, 11) is 0. The van der Waals surface area contributed by atoms with Crippen LogP contribution in [0, 0.1) is 23.2 Å². The molecule has 0 aliphatic carbocycles. The van der Waals surface area contributed by atoms with E-state index in [0.29, 0.717) is 52.1 Å². The van der Waals surface area contributed by atoms with Crippen LogP contribution in [0.1, 0.15) is 72.6 Å². The van der Waals surface area contributed by atoms with E-state index in [4.69, 9.17) is 42.6 Å². The van der Waals surface area contributed by atoms with Crippen LogP contribution in [0.4, 0.5) is 0 Å². The van der Waals surface area contributed by atoms with E-state index in [9.17, 15) is 95.9 Å². The van der Waals surface area contributed by atoms with E-state index in [2.05, 4.69) is 196 Å². The van der Waals surface area contributed by atoms with Crippen LogP contribution in [0.25, 0.3) is 0 Å². The maximum absolute atomic E-state index is 10.8. The monoisotopic (exact) mass is 1960 g/mol. The molecule has 0 spiro atoms. The maximum atomic E-state index is 10.8. The number of rotatable bonds is 60. The molecule has 0 radical (unpaired) electrons. The summed E-state index contributed by atoms with van der Waals surface area (Å²) in [5.41, 5.74) is -0.419. The Labute approximate surface area is 811 Å². The SMILES string of the molecule is C=CC(=O)OC/C=C/COC(=O)C=C.C=CC(=O)OC/C=C\COC(=O)C=C.C=CC(=O)OCC#CCOC(=O)C=C.C=CC(=O)OCC(C)(C)COC(=O)C=C.C=CC(=O)OCC(C)COC(=O)C=C.C=CC(=O)OCC(C)OC(=O)C=C.C=CC(=O)OCCCCCOC(=O)C=C.C=CC(=O)OCCCCOC(=O)C=C.C=CC(=O)OCCCOC(=O)C=C.C=CC(=O)OCCCOC(=O)C=C. The van der Waals surface area contributed by atoms with Gasteiger partial charge in [-0.05, 0) is 63.3 Å². The first-order chi connectivity index (χ1) is 66.0. The highest BCUT2D eigenvalue weighted by Crippen LogP contribution is 2.16. The molecule has 0 rings (SSSR count). The van der Waals surface area contributed by atoms with Crippen LogP contribution in [-0.2, 0) is 191 Å². The molecule has 0 saturated heterocycles. The zero-order valence-corrected chi connectivity index (χ0v) is 79.4. The van der Waals surface area contributed by atoms with Gasteiger partial charge in [0.2, 0.25) is 0 Å². The summed E-state index contributed by atoms with van der Waals surface area (Å²) < 4.78 is 93.5. The molecule has 0 aromatic heterocycles. The molecule has 40 heteroatoms. The fourth-order valence-corrected chi connectivity index (χ4v) is 5.87. The Morgan fingerprint density at radius 2 is 0.374 bits per heavy atom. The Morgan fingerprint density at radius 1 is 0.209 bits per heavy atom. The number of carbonyl (C=O) groups is 20. The van der Waals surface area contributed by atoms with Crippen molar-refractivity contribution in [1.29, 1.82) is 0 Å². The first kappa shape index (κ1) is 143. The average molecular weight is 1960 g/mol. The van der Waals surface area contributed by atoms with E-state index in [0.717, 1.165) is 141 Å². The molecule has 0 aromatic rings. The van der Waals surface area contributed by atoms with Crippen LogP contribution in [0.2, 0.25) is 0 Å². The van der Waals surface area contributed by atoms with Crippen LogP contribution >= 0.6 is 0 Å². The van der Waals surface area contributed by atoms with Crippen LogP contribution in [0.5, 0.6) is 0 Å². The minimum Gasteiger partial charge on any atom is -0.463 e. The molecular weight excluding hydrogens is 1830 g/mol. The predicted molar refractivity (Wildman–Crippen MR) is 509 cm³/mol. The van der Waals surface area contributed by atoms with Gasteiger partial charge in [-0.1, -0.05) is 164 Å². The second-order valence-electron chi connectivity index (χ2n) is 24.6. The first-order valence-electron chi connectivity index (χ1n) is 40.7. The molecule has 0 aliphatic rings. The maximum Gasteiger partial charge on any atom is 0.331 e. The molecular formula is C99H130O40. The van der Waals surface area contributed by atoms with Crippen LogP contribution < -0.4 is 0 Å². The number of ether oxygens (including phenoxy) is 20. The number of hydrogen-bond donors (Lipinski definition) is 0. The molecule has 1 unspecified atom stereocenters. The van der Waals surface area contributed by atoms with E-state index in [1.54, 1.807) is 38.2 Å². The van der Waals surface area contributed by atoms with E-state index in [1.165, 1.54) is 0 Å². The predicted octanol–water partition coefficient (Wildman–Crippen LogP) is 10.3. The topological polar surface area (TPSA) is 526 Å². The zero-order chi connectivity index (χ0) is 108. The highest BCUT2D eigenvalue weighted by Gasteiger charge is 2.22. The average Bonchev–Trinajstić information content (AvgIpc) is 0.922. The molecule has 0 N–H and O–H groups in total. The summed E-state index contributed by atoms with van der Waals surface area (Å²) in [6.45, 7) is 75.3. The lowest BCUT2D eigenvalue weighted by molar-refractivity contribution is -0.151. The van der Waals surface area contributed by atoms with E-state index in [1.807, 2.05) is 13.8 Å². The smallest absolute Gasteiger partial charge is 0.331 e. The summed E-state index contributed by atoms with van der Waals surface area (Å²) in [6, 6.07) is 0. The van der Waals surface area contributed by atoms with Gasteiger partial charge in [0.25, 0.3) is 0 Å². The standard InChI is InChI=1S/2C11H16O4.2C10H14O4.2C10H12O4.C10H10O4.3C9H12O4/c1-5-9(12)14-7-11(3,4)8-15-10(13)6-2;1-3-10(12)14-8-6-5-7-9-15-11(13)4-2;1-4-9(11)13-6-8(3)7-14-10(12)5-2;4*1-3-9(11)13-7-5-6-8-14-10(12)4-2;1-4-8(10)12-6-7(3)13-9(11)5-2;2*1-3-8(10)12-6-5-7-13-9(11)4-2/h5-6H,1-2,7-8H2,3-4H3;3-4H,1-2,5-9H2;4-5,8H,1-2,6-7H2,3H3;3-4H,1-2,5-8H2;2*3-6H,1-2,7-8H2;3-4H,1-2,7-8H2;4-5,7H,1-2,6H2,3H3;2*3-4H,1-2,5-7H2/b;;;;6-5+;6-5-;;;;. The van der Waals surface area contributed by atoms with Gasteiger partial charge in [-0.25, -0.2) is 95.9 Å². The lowest BCUT2D eigenvalue weighted by atomic mass is 9.96. The van der Waals surface area contributed by atoms with Gasteiger partial charge in [-0.15, -0.1) is 0 Å². The van der Waals surface area contributed by atoms with Crippen LogP contribution in [0.3, 0.4) is 0 Å². The van der Waals surface area contributed by atoms with Crippen molar-refractivity contribution in [3.05, 3.63) is 277 Å². The fraction of sp³-hybridized carbons (Fsp3) is 0.333. The van der Waals surface area contributed by atoms with Crippen molar-refractivity contribution in [2.45, 2.75) is 78.7 Å². The van der Waals surface area contributed by atoms with Crippen LogP contribution in [-0.4, -0.2) is 251 Å². The second-order valence-corrected chi connectivity index (χ2v) is 24.6. The van der Waals surface area contributed by atoms with Gasteiger partial charge in [0.05, 0.1) is 79.3 Å². The van der Waals surface area contributed by atoms with Crippen molar-refractivity contribution in [3.63, 3.8) is 0 Å². The molecule has 766 valence electrons. The Morgan fingerprint density at radius 3 is 0.583 bits per heavy atom. The highest BCUT2D eigenvalue weighted by molar-refractivity contribution is 5.88. The molecule has 1 atom stereocenters. The summed E-state index contributed by atoms with van der Waals surface area (Å²) in [6.07, 6.45) is 32.0. The van der Waals surface area contributed by atoms with Crippen LogP contribution in [0.15, 0.2) is 277 Å². The van der Waals surface area contributed by atoms with Crippen molar-refractivity contribution >= 4 is 119 Å². The Kier molecular flexibility index (Phi) is 111. The highest BCUT2D eigenvalue weighted by atomic mass is 16.6. The lowest BCUT2D eigenvalue weighted by Gasteiger charge is -2.22. The molecule has 0 aromatic carbocycles. The minimum absolute atomic E-state index is 0.0183. The zero-order valence-electron chi connectivity index (χ0n) is 79.4. The lowest BCUT2D eigenvalue weighted by Crippen LogP contribution is -2.27. The summed E-state index contributed by atoms with van der Waals surface area (Å²) in [4.78, 5) is 212. The molecule has 0 fully saturated rings. The van der Waals surface area contributed by atoms with Crippen molar-refractivity contribution in [2.75, 3.05) is 126 Å². The van der Waals surface area contributed by atoms with E-state index < -0.39 is 131 Å². The molecule has 0 saturated carbocycles. The Balaban J connectivity index is -0.000000166. The number of carbonyl (C=O) groups excluding carboxylic acids is 20. The molecule has 139 heavy (non-hydrogen) atoms. The quantitative estimate of drug-likeness (QED) is 0.0136. The molecule has 0 bridgehead atoms. The van der Waals surface area contributed by atoms with Gasteiger partial charge in [0, 0.05) is 146 Å². The van der Waals surface area contributed by atoms with Gasteiger partial charge in [0.15, 0.2) is 13.2 Å². The van der Waals surface area contributed by atoms with Gasteiger partial charge in [-0.2, -0.15) is 0 Å². The third-order valence-electron chi connectivity index (χ3n) is 12.5. The normalized spacial score (nSPS) is 9.24. The molecule has 0 amide bonds. The van der Waals surface area contributed by atoms with Crippen molar-refractivity contribution in [1.82, 2.24) is 0 Å². The van der Waals surface area contributed by atoms with Gasteiger partial charge < -0.3 is 94.7 Å². The number of unbranched alkanes of at least 4 members (excludes halogenated alkanes) is 3. The van der Waals surface area contributed by atoms with Crippen molar-refractivity contribution in [2.24, 2.45) is 11.3 Å². The van der Waals surface area contributed by atoms with Crippen molar-refractivity contribution in [3.8, 4) is 11.8 Å². The molecule has 0 heterocycles. The summed E-state index contributed by atoms with van der Waals surface area (Å²) in [5, 5.41) is 0. The van der Waals surface area contributed by atoms with Gasteiger partial charge in [0.1, 0.15) is 39.1 Å². The van der Waals surface area contributed by atoms with Crippen molar-refractivity contribution < 1.29 is 191 Å². The number of esters is 20. The number of hydrogen-bond acceptors (Lipinski definition) is 40. The van der Waals surface area contributed by atoms with E-state index in [-0.39, 0.29) is 105 Å². The Hall–Kier alpha value is -16.8. The Bertz CT molecular complexity index is 3770. The summed E-state index contributed by atoms with van der Waals surface area (Å²) >= 11 is 0. The largest absolute Gasteiger partial charge is 0.463 e. The second kappa shape index (κ2) is 108. The third kappa shape index (κ3) is 128.